The number of guanidine groups is 1. The van der Waals surface area contributed by atoms with E-state index in [1.807, 2.05) is 19.2 Å². The molecule has 0 bridgehead atoms. The van der Waals surface area contributed by atoms with Crippen LogP contribution in [0, 0.1) is 0 Å². The zero-order valence-corrected chi connectivity index (χ0v) is 19.6. The second-order valence-corrected chi connectivity index (χ2v) is 7.85. The van der Waals surface area contributed by atoms with Gasteiger partial charge in [-0.3, -0.25) is 9.89 Å². The summed E-state index contributed by atoms with van der Waals surface area (Å²) < 4.78 is 0. The van der Waals surface area contributed by atoms with E-state index in [0.29, 0.717) is 17.1 Å². The van der Waals surface area contributed by atoms with Gasteiger partial charge in [-0.1, -0.05) is 11.6 Å². The molecule has 0 amide bonds. The van der Waals surface area contributed by atoms with E-state index in [2.05, 4.69) is 44.3 Å². The SMILES string of the molecule is CN=C(NCCN(C(C)C)C1CC1)NC1CCN(c2ncccc2Cl)C1.I. The molecule has 1 aliphatic heterocycles. The third-order valence-corrected chi connectivity index (χ3v) is 5.43. The summed E-state index contributed by atoms with van der Waals surface area (Å²) in [7, 11) is 1.83. The summed E-state index contributed by atoms with van der Waals surface area (Å²) in [5.41, 5.74) is 0. The average Bonchev–Trinajstić information content (AvgIpc) is 3.36. The van der Waals surface area contributed by atoms with Crippen LogP contribution in [0.3, 0.4) is 0 Å². The summed E-state index contributed by atoms with van der Waals surface area (Å²) >= 11 is 6.27. The summed E-state index contributed by atoms with van der Waals surface area (Å²) in [6.07, 6.45) is 5.54. The van der Waals surface area contributed by atoms with Crippen LogP contribution in [0.1, 0.15) is 33.1 Å². The second-order valence-electron chi connectivity index (χ2n) is 7.45. The van der Waals surface area contributed by atoms with Crippen molar-refractivity contribution in [3.8, 4) is 0 Å². The standard InChI is InChI=1S/C19H31ClN6.HI/c1-14(2)26(16-6-7-16)12-10-23-19(21-3)24-15-8-11-25(13-15)18-17(20)5-4-9-22-18;/h4-5,9,14-16H,6-8,10-13H2,1-3H3,(H2,21,23,24);1H. The fraction of sp³-hybridized carbons (Fsp3) is 0.684. The molecule has 2 fully saturated rings. The van der Waals surface area contributed by atoms with Crippen LogP contribution in [0.5, 0.6) is 0 Å². The molecule has 1 unspecified atom stereocenters. The number of nitrogens with zero attached hydrogens (tertiary/aromatic N) is 4. The van der Waals surface area contributed by atoms with Crippen molar-refractivity contribution in [3.63, 3.8) is 0 Å². The molecule has 1 atom stereocenters. The third kappa shape index (κ3) is 6.35. The van der Waals surface area contributed by atoms with Gasteiger partial charge < -0.3 is 15.5 Å². The van der Waals surface area contributed by atoms with Crippen molar-refractivity contribution < 1.29 is 0 Å². The van der Waals surface area contributed by atoms with Crippen LogP contribution < -0.4 is 15.5 Å². The first-order chi connectivity index (χ1) is 12.6. The number of halogens is 2. The van der Waals surface area contributed by atoms with Gasteiger partial charge in [0.05, 0.1) is 5.02 Å². The lowest BCUT2D eigenvalue weighted by atomic mass is 10.3. The van der Waals surface area contributed by atoms with Crippen molar-refractivity contribution in [3.05, 3.63) is 23.4 Å². The molecule has 1 aromatic rings. The predicted molar refractivity (Wildman–Crippen MR) is 125 cm³/mol. The molecule has 2 heterocycles. The number of pyridine rings is 1. The second kappa shape index (κ2) is 10.7. The molecule has 152 valence electrons. The summed E-state index contributed by atoms with van der Waals surface area (Å²) in [6.45, 7) is 8.37. The lowest BCUT2D eigenvalue weighted by molar-refractivity contribution is 0.215. The van der Waals surface area contributed by atoms with Gasteiger partial charge in [-0.05, 0) is 45.2 Å². The van der Waals surface area contributed by atoms with E-state index in [0.717, 1.165) is 50.4 Å². The van der Waals surface area contributed by atoms with Crippen LogP contribution >= 0.6 is 35.6 Å². The summed E-state index contributed by atoms with van der Waals surface area (Å²) in [5, 5.41) is 7.72. The lowest BCUT2D eigenvalue weighted by Crippen LogP contribution is -2.47. The molecule has 2 aliphatic rings. The van der Waals surface area contributed by atoms with E-state index in [9.17, 15) is 0 Å². The number of anilines is 1. The Morgan fingerprint density at radius 2 is 2.19 bits per heavy atom. The number of aromatic nitrogens is 1. The minimum atomic E-state index is 0. The quantitative estimate of drug-likeness (QED) is 0.338. The lowest BCUT2D eigenvalue weighted by Gasteiger charge is -2.27. The van der Waals surface area contributed by atoms with Crippen molar-refractivity contribution in [2.24, 2.45) is 4.99 Å². The first-order valence-corrected chi connectivity index (χ1v) is 10.0. The van der Waals surface area contributed by atoms with Crippen molar-refractivity contribution >= 4 is 47.4 Å². The van der Waals surface area contributed by atoms with Gasteiger partial charge in [-0.15, -0.1) is 24.0 Å². The average molecular weight is 507 g/mol. The highest BCUT2D eigenvalue weighted by Gasteiger charge is 2.30. The van der Waals surface area contributed by atoms with Crippen molar-refractivity contribution in [1.82, 2.24) is 20.5 Å². The van der Waals surface area contributed by atoms with Crippen LogP contribution in [-0.2, 0) is 0 Å². The Kier molecular flexibility index (Phi) is 8.88. The number of nitrogens with one attached hydrogen (secondary N) is 2. The maximum atomic E-state index is 6.27. The van der Waals surface area contributed by atoms with Crippen LogP contribution in [0.2, 0.25) is 5.02 Å². The molecular weight excluding hydrogens is 475 g/mol. The number of rotatable bonds is 7. The molecule has 2 N–H and O–H groups in total. The smallest absolute Gasteiger partial charge is 0.191 e. The molecule has 1 saturated carbocycles. The molecule has 1 saturated heterocycles. The first kappa shape index (κ1) is 22.5. The van der Waals surface area contributed by atoms with Crippen molar-refractivity contribution in [2.75, 3.05) is 38.1 Å². The summed E-state index contributed by atoms with van der Waals surface area (Å²) in [6, 6.07) is 5.50. The Balaban J connectivity index is 0.00000261. The first-order valence-electron chi connectivity index (χ1n) is 9.67. The van der Waals surface area contributed by atoms with Gasteiger partial charge in [0.25, 0.3) is 0 Å². The van der Waals surface area contributed by atoms with Gasteiger partial charge in [0.15, 0.2) is 5.96 Å². The van der Waals surface area contributed by atoms with Crippen LogP contribution in [0.25, 0.3) is 0 Å². The highest BCUT2D eigenvalue weighted by atomic mass is 127. The fourth-order valence-corrected chi connectivity index (χ4v) is 3.88. The third-order valence-electron chi connectivity index (χ3n) is 5.13. The van der Waals surface area contributed by atoms with E-state index in [-0.39, 0.29) is 24.0 Å². The molecule has 6 nitrogen and oxygen atoms in total. The Labute approximate surface area is 185 Å². The molecule has 0 radical (unpaired) electrons. The van der Waals surface area contributed by atoms with Gasteiger partial charge in [0.2, 0.25) is 0 Å². The van der Waals surface area contributed by atoms with Gasteiger partial charge >= 0.3 is 0 Å². The normalized spacial score (nSPS) is 20.1. The zero-order valence-electron chi connectivity index (χ0n) is 16.5. The molecular formula is C19H32ClIN6. The van der Waals surface area contributed by atoms with E-state index >= 15 is 0 Å². The van der Waals surface area contributed by atoms with Gasteiger partial charge in [0.1, 0.15) is 5.82 Å². The molecule has 27 heavy (non-hydrogen) atoms. The molecule has 0 spiro atoms. The zero-order chi connectivity index (χ0) is 18.5. The van der Waals surface area contributed by atoms with Crippen LogP contribution in [-0.4, -0.2) is 67.2 Å². The fourth-order valence-electron chi connectivity index (χ4n) is 3.64. The van der Waals surface area contributed by atoms with Crippen molar-refractivity contribution in [1.29, 1.82) is 0 Å². The Morgan fingerprint density at radius 1 is 1.41 bits per heavy atom. The predicted octanol–water partition coefficient (Wildman–Crippen LogP) is 2.97. The van der Waals surface area contributed by atoms with Crippen molar-refractivity contribution in [2.45, 2.75) is 51.2 Å². The van der Waals surface area contributed by atoms with E-state index in [1.54, 1.807) is 6.20 Å². The highest BCUT2D eigenvalue weighted by Crippen LogP contribution is 2.28. The summed E-state index contributed by atoms with van der Waals surface area (Å²) in [4.78, 5) is 13.6. The Hall–Kier alpha value is -0.800. The van der Waals surface area contributed by atoms with Gasteiger partial charge in [-0.2, -0.15) is 0 Å². The summed E-state index contributed by atoms with van der Waals surface area (Å²) in [5.74, 6) is 1.75. The molecule has 3 rings (SSSR count). The maximum Gasteiger partial charge on any atom is 0.191 e. The van der Waals surface area contributed by atoms with Crippen LogP contribution in [0.4, 0.5) is 5.82 Å². The molecule has 1 aromatic heterocycles. The van der Waals surface area contributed by atoms with E-state index in [4.69, 9.17) is 11.6 Å². The minimum absolute atomic E-state index is 0. The van der Waals surface area contributed by atoms with Gasteiger partial charge in [0, 0.05) is 57.5 Å². The van der Waals surface area contributed by atoms with Crippen LogP contribution in [0.15, 0.2) is 23.3 Å². The molecule has 0 aromatic carbocycles. The topological polar surface area (TPSA) is 55.8 Å². The molecule has 8 heteroatoms. The number of hydrogen-bond acceptors (Lipinski definition) is 4. The molecule has 1 aliphatic carbocycles. The monoisotopic (exact) mass is 506 g/mol. The minimum Gasteiger partial charge on any atom is -0.355 e. The number of hydrogen-bond donors (Lipinski definition) is 2. The highest BCUT2D eigenvalue weighted by molar-refractivity contribution is 14.0. The number of aliphatic imine (C=N–C) groups is 1. The largest absolute Gasteiger partial charge is 0.355 e. The van der Waals surface area contributed by atoms with E-state index in [1.165, 1.54) is 12.8 Å². The maximum absolute atomic E-state index is 6.27. The Morgan fingerprint density at radius 3 is 2.81 bits per heavy atom. The Bertz CT molecular complexity index is 620. The van der Waals surface area contributed by atoms with Gasteiger partial charge in [-0.25, -0.2) is 4.98 Å². The van der Waals surface area contributed by atoms with E-state index < -0.39 is 0 Å².